The highest BCUT2D eigenvalue weighted by Crippen LogP contribution is 2.05. The normalized spacial score (nSPS) is 9.50. The van der Waals surface area contributed by atoms with E-state index < -0.39 is 5.97 Å². The molecule has 114 valence electrons. The Balaban J connectivity index is 0. The lowest BCUT2D eigenvalue weighted by Gasteiger charge is -2.23. The molecule has 0 heterocycles. The van der Waals surface area contributed by atoms with Crippen LogP contribution in [0.2, 0.25) is 0 Å². The van der Waals surface area contributed by atoms with Crippen molar-refractivity contribution in [2.45, 2.75) is 20.4 Å². The van der Waals surface area contributed by atoms with Gasteiger partial charge in [-0.2, -0.15) is 0 Å². The van der Waals surface area contributed by atoms with E-state index in [9.17, 15) is 9.90 Å². The van der Waals surface area contributed by atoms with Crippen molar-refractivity contribution in [3.05, 3.63) is 48.0 Å². The highest BCUT2D eigenvalue weighted by Gasteiger charge is 2.06. The number of aliphatic carboxylic acids is 1. The van der Waals surface area contributed by atoms with Crippen molar-refractivity contribution >= 4 is 17.6 Å². The lowest BCUT2D eigenvalue weighted by molar-refractivity contribution is -0.884. The molecular weight excluding hydrogens is 274 g/mol. The zero-order chi connectivity index (χ0) is 16.2. The third kappa shape index (κ3) is 16.7. The smallest absolute Gasteiger partial charge is 0.104 e. The van der Waals surface area contributed by atoms with Gasteiger partial charge in [-0.15, -0.1) is 11.6 Å². The van der Waals surface area contributed by atoms with Crippen molar-refractivity contribution in [1.82, 2.24) is 0 Å². The summed E-state index contributed by atoms with van der Waals surface area (Å²) in [6.07, 6.45) is 0. The van der Waals surface area contributed by atoms with Gasteiger partial charge in [0.25, 0.3) is 0 Å². The molecule has 0 amide bonds. The summed E-state index contributed by atoms with van der Waals surface area (Å²) >= 11 is 5.00. The van der Waals surface area contributed by atoms with Gasteiger partial charge in [-0.25, -0.2) is 0 Å². The molecule has 4 heteroatoms. The molecule has 3 nitrogen and oxygen atoms in total. The summed E-state index contributed by atoms with van der Waals surface area (Å²) in [4.78, 5) is 9.49. The third-order valence-corrected chi connectivity index (χ3v) is 1.85. The predicted molar refractivity (Wildman–Crippen MR) is 84.4 cm³/mol. The summed E-state index contributed by atoms with van der Waals surface area (Å²) in [6, 6.07) is 10.6. The average Bonchev–Trinajstić information content (AvgIpc) is 2.29. The molecule has 1 aromatic rings. The molecule has 0 radical (unpaired) electrons. The van der Waals surface area contributed by atoms with E-state index in [-0.39, 0.29) is 5.57 Å². The summed E-state index contributed by atoms with van der Waals surface area (Å²) in [5.74, 6) is -0.463. The first-order valence-electron chi connectivity index (χ1n) is 6.41. The minimum Gasteiger partial charge on any atom is -0.545 e. The Morgan fingerprint density at radius 1 is 1.25 bits per heavy atom. The number of benzene rings is 1. The Morgan fingerprint density at radius 3 is 1.85 bits per heavy atom. The number of hydrogen-bond donors (Lipinski definition) is 0. The van der Waals surface area contributed by atoms with Crippen molar-refractivity contribution in [2.24, 2.45) is 0 Å². The summed E-state index contributed by atoms with van der Waals surface area (Å²) in [6.45, 7) is 7.47. The Hall–Kier alpha value is -1.32. The lowest BCUT2D eigenvalue weighted by atomic mass is 10.2. The number of quaternary nitrogens is 1. The Morgan fingerprint density at radius 2 is 1.60 bits per heavy atom. The molecule has 20 heavy (non-hydrogen) atoms. The van der Waals surface area contributed by atoms with Crippen LogP contribution in [-0.2, 0) is 11.3 Å². The van der Waals surface area contributed by atoms with Crippen molar-refractivity contribution < 1.29 is 14.4 Å². The van der Waals surface area contributed by atoms with Gasteiger partial charge in [0.05, 0.1) is 27.1 Å². The zero-order valence-electron chi connectivity index (χ0n) is 13.1. The monoisotopic (exact) mass is 299 g/mol. The minimum absolute atomic E-state index is 0.0648. The van der Waals surface area contributed by atoms with E-state index in [4.69, 9.17) is 11.6 Å². The number of carboxylic acids is 1. The molecule has 0 fully saturated rings. The van der Waals surface area contributed by atoms with Gasteiger partial charge >= 0.3 is 0 Å². The van der Waals surface area contributed by atoms with E-state index in [1.165, 1.54) is 12.5 Å². The van der Waals surface area contributed by atoms with Crippen LogP contribution in [0.15, 0.2) is 42.5 Å². The van der Waals surface area contributed by atoms with Crippen LogP contribution in [0.5, 0.6) is 0 Å². The number of halogens is 1. The molecule has 0 aliphatic carbocycles. The fraction of sp³-hybridized carbons (Fsp3) is 0.438. The molecule has 0 saturated carbocycles. The molecule has 0 aromatic heterocycles. The first-order chi connectivity index (χ1) is 9.14. The number of carbonyl (C=O) groups excluding carboxylic acids is 1. The number of carboxylic acid groups (broad SMARTS) is 1. The van der Waals surface area contributed by atoms with E-state index in [2.05, 4.69) is 58.1 Å². The molecule has 1 rings (SSSR count). The standard InChI is InChI=1S/C10H16N.C4H6O2.C2H5Cl/c1-11(2,3)9-10-7-5-4-6-8-10;1-3(2)4(5)6;1-2-3/h4-8H,9H2,1-3H3;1H2,2H3,(H,5,6);2H2,1H3/q+1;;/p-1. The topological polar surface area (TPSA) is 40.1 Å². The van der Waals surface area contributed by atoms with Crippen LogP contribution < -0.4 is 5.11 Å². The summed E-state index contributed by atoms with van der Waals surface area (Å²) < 4.78 is 0.990. The Labute approximate surface area is 128 Å². The molecule has 0 bridgehead atoms. The SMILES string of the molecule is C=C(C)C(=O)[O-].CCCl.C[N+](C)(C)Cc1ccccc1. The van der Waals surface area contributed by atoms with Gasteiger partial charge in [0, 0.05) is 11.4 Å². The van der Waals surface area contributed by atoms with Crippen LogP contribution in [0.1, 0.15) is 19.4 Å². The van der Waals surface area contributed by atoms with Crippen molar-refractivity contribution in [1.29, 1.82) is 0 Å². The fourth-order valence-corrected chi connectivity index (χ4v) is 1.13. The number of nitrogens with zero attached hydrogens (tertiary/aromatic N) is 1. The Bertz CT molecular complexity index is 371. The highest BCUT2D eigenvalue weighted by molar-refractivity contribution is 6.17. The van der Waals surface area contributed by atoms with Crippen LogP contribution in [0, 0.1) is 0 Å². The van der Waals surface area contributed by atoms with Crippen LogP contribution in [0.3, 0.4) is 0 Å². The van der Waals surface area contributed by atoms with Crippen molar-refractivity contribution in [3.63, 3.8) is 0 Å². The summed E-state index contributed by atoms with van der Waals surface area (Å²) in [5, 5.41) is 9.49. The van der Waals surface area contributed by atoms with E-state index in [1.807, 2.05) is 6.92 Å². The Kier molecular flexibility index (Phi) is 12.1. The van der Waals surface area contributed by atoms with Gasteiger partial charge in [-0.05, 0) is 12.5 Å². The maximum Gasteiger partial charge on any atom is 0.104 e. The molecule has 0 N–H and O–H groups in total. The maximum absolute atomic E-state index is 9.49. The second-order valence-corrected chi connectivity index (χ2v) is 5.80. The molecular formula is C16H26ClNO2. The second-order valence-electron chi connectivity index (χ2n) is 5.27. The van der Waals surface area contributed by atoms with Gasteiger partial charge in [0.1, 0.15) is 6.54 Å². The van der Waals surface area contributed by atoms with Gasteiger partial charge in [0.2, 0.25) is 0 Å². The van der Waals surface area contributed by atoms with Crippen LogP contribution in [-0.4, -0.2) is 37.5 Å². The quantitative estimate of drug-likeness (QED) is 0.489. The predicted octanol–water partition coefficient (Wildman–Crippen LogP) is 2.45. The fourth-order valence-electron chi connectivity index (χ4n) is 1.13. The molecule has 0 aliphatic rings. The average molecular weight is 300 g/mol. The molecule has 0 aliphatic heterocycles. The van der Waals surface area contributed by atoms with Crippen molar-refractivity contribution in [3.8, 4) is 0 Å². The van der Waals surface area contributed by atoms with Crippen LogP contribution in [0.25, 0.3) is 0 Å². The molecule has 1 aromatic carbocycles. The molecule has 0 spiro atoms. The number of carbonyl (C=O) groups is 1. The van der Waals surface area contributed by atoms with Crippen molar-refractivity contribution in [2.75, 3.05) is 27.0 Å². The third-order valence-electron chi connectivity index (χ3n) is 1.85. The number of hydrogen-bond acceptors (Lipinski definition) is 2. The van der Waals surface area contributed by atoms with E-state index in [0.717, 1.165) is 16.9 Å². The second kappa shape index (κ2) is 11.5. The number of rotatable bonds is 3. The first-order valence-corrected chi connectivity index (χ1v) is 6.94. The highest BCUT2D eigenvalue weighted by atomic mass is 35.5. The summed E-state index contributed by atoms with van der Waals surface area (Å²) in [5.41, 5.74) is 1.47. The van der Waals surface area contributed by atoms with E-state index in [0.29, 0.717) is 0 Å². The first kappa shape index (κ1) is 21.0. The van der Waals surface area contributed by atoms with Gasteiger partial charge in [-0.3, -0.25) is 0 Å². The zero-order valence-corrected chi connectivity index (χ0v) is 13.9. The van der Waals surface area contributed by atoms with Crippen LogP contribution in [0.4, 0.5) is 0 Å². The molecule has 0 atom stereocenters. The van der Waals surface area contributed by atoms with Gasteiger partial charge < -0.3 is 14.4 Å². The number of alkyl halides is 1. The molecule has 0 unspecified atom stereocenters. The van der Waals surface area contributed by atoms with E-state index in [1.54, 1.807) is 0 Å². The van der Waals surface area contributed by atoms with Gasteiger partial charge in [0.15, 0.2) is 0 Å². The molecule has 0 saturated heterocycles. The van der Waals surface area contributed by atoms with Gasteiger partial charge in [-0.1, -0.05) is 43.8 Å². The largest absolute Gasteiger partial charge is 0.545 e. The summed E-state index contributed by atoms with van der Waals surface area (Å²) in [7, 11) is 6.60. The van der Waals surface area contributed by atoms with Crippen LogP contribution >= 0.6 is 11.6 Å². The lowest BCUT2D eigenvalue weighted by Crippen LogP contribution is -2.33. The minimum atomic E-state index is -1.19. The van der Waals surface area contributed by atoms with E-state index >= 15 is 0 Å². The maximum atomic E-state index is 9.49.